The summed E-state index contributed by atoms with van der Waals surface area (Å²) in [5.41, 5.74) is -0.402. The van der Waals surface area contributed by atoms with Crippen molar-refractivity contribution in [2.24, 2.45) is 0 Å². The van der Waals surface area contributed by atoms with Crippen LogP contribution in [0, 0.1) is 0 Å². The molecule has 1 aromatic heterocycles. The Morgan fingerprint density at radius 2 is 1.80 bits per heavy atom. The zero-order chi connectivity index (χ0) is 18.1. The summed E-state index contributed by atoms with van der Waals surface area (Å²) in [4.78, 5) is 12.0. The van der Waals surface area contributed by atoms with Crippen LogP contribution in [0.25, 0.3) is 11.0 Å². The Bertz CT molecular complexity index is 722. The van der Waals surface area contributed by atoms with Gasteiger partial charge in [-0.1, -0.05) is 26.2 Å². The van der Waals surface area contributed by atoms with Crippen molar-refractivity contribution in [2.75, 3.05) is 19.8 Å². The van der Waals surface area contributed by atoms with Gasteiger partial charge in [0, 0.05) is 6.61 Å². The molecule has 0 bridgehead atoms. The van der Waals surface area contributed by atoms with E-state index in [0.29, 0.717) is 30.8 Å². The molecule has 0 aliphatic carbocycles. The molecule has 2 rings (SSSR count). The Labute approximate surface area is 147 Å². The van der Waals surface area contributed by atoms with Gasteiger partial charge in [-0.15, -0.1) is 0 Å². The number of benzene rings is 1. The minimum absolute atomic E-state index is 0.131. The zero-order valence-corrected chi connectivity index (χ0v) is 14.6. The van der Waals surface area contributed by atoms with Crippen molar-refractivity contribution in [1.82, 2.24) is 0 Å². The van der Waals surface area contributed by atoms with Gasteiger partial charge >= 0.3 is 5.63 Å². The fraction of sp³-hybridized carbons (Fsp3) is 0.526. The number of rotatable bonds is 11. The highest BCUT2D eigenvalue weighted by Crippen LogP contribution is 2.33. The van der Waals surface area contributed by atoms with Crippen molar-refractivity contribution >= 4 is 11.0 Å². The topological polar surface area (TPSA) is 89.1 Å². The molecule has 0 saturated heterocycles. The summed E-state index contributed by atoms with van der Waals surface area (Å²) in [7, 11) is 0. The minimum atomic E-state index is -0.683. The predicted octanol–water partition coefficient (Wildman–Crippen LogP) is 3.61. The van der Waals surface area contributed by atoms with Crippen LogP contribution in [0.4, 0.5) is 0 Å². The van der Waals surface area contributed by atoms with Crippen LogP contribution in [0.3, 0.4) is 0 Å². The van der Waals surface area contributed by atoms with Gasteiger partial charge in [0.15, 0.2) is 5.75 Å². The molecule has 6 nitrogen and oxygen atoms in total. The van der Waals surface area contributed by atoms with E-state index in [0.717, 1.165) is 32.1 Å². The summed E-state index contributed by atoms with van der Waals surface area (Å²) in [6, 6.07) is 4.88. The summed E-state index contributed by atoms with van der Waals surface area (Å²) >= 11 is 0. The fourth-order valence-electron chi connectivity index (χ4n) is 2.47. The van der Waals surface area contributed by atoms with Crippen molar-refractivity contribution in [3.8, 4) is 17.2 Å². The smallest absolute Gasteiger partial charge is 0.383 e. The molecule has 1 aromatic carbocycles. The van der Waals surface area contributed by atoms with E-state index in [-0.39, 0.29) is 23.7 Å². The summed E-state index contributed by atoms with van der Waals surface area (Å²) in [5.74, 6) is 0.187. The first kappa shape index (κ1) is 19.1. The standard InChI is InChI=1S/C19H26O6/c1-2-3-4-6-12-24-18-17(21)15-13-14(23-11-7-5-10-20)8-9-16(15)25-19(18)22/h8-9,13,20-21H,2-7,10-12H2,1H3. The zero-order valence-electron chi connectivity index (χ0n) is 14.6. The normalized spacial score (nSPS) is 11.0. The van der Waals surface area contributed by atoms with Crippen LogP contribution in [0.1, 0.15) is 45.4 Å². The first-order valence-electron chi connectivity index (χ1n) is 8.83. The maximum absolute atomic E-state index is 12.0. The van der Waals surface area contributed by atoms with Gasteiger partial charge in [-0.25, -0.2) is 4.79 Å². The molecule has 0 aliphatic rings. The van der Waals surface area contributed by atoms with E-state index in [4.69, 9.17) is 19.0 Å². The van der Waals surface area contributed by atoms with Gasteiger partial charge in [0.1, 0.15) is 11.3 Å². The van der Waals surface area contributed by atoms with Gasteiger partial charge in [0.2, 0.25) is 5.75 Å². The second-order valence-corrected chi connectivity index (χ2v) is 5.91. The van der Waals surface area contributed by atoms with E-state index in [1.54, 1.807) is 18.2 Å². The average molecular weight is 350 g/mol. The van der Waals surface area contributed by atoms with E-state index in [1.165, 1.54) is 0 Å². The van der Waals surface area contributed by atoms with E-state index >= 15 is 0 Å². The molecule has 0 radical (unpaired) electrons. The van der Waals surface area contributed by atoms with Gasteiger partial charge in [-0.2, -0.15) is 0 Å². The fourth-order valence-corrected chi connectivity index (χ4v) is 2.47. The highest BCUT2D eigenvalue weighted by molar-refractivity contribution is 5.86. The number of unbranched alkanes of at least 4 members (excludes halogenated alkanes) is 4. The van der Waals surface area contributed by atoms with Crippen molar-refractivity contribution in [3.05, 3.63) is 28.6 Å². The molecule has 0 atom stereocenters. The molecule has 1 heterocycles. The van der Waals surface area contributed by atoms with Gasteiger partial charge < -0.3 is 24.1 Å². The summed E-state index contributed by atoms with van der Waals surface area (Å²) in [5, 5.41) is 19.5. The van der Waals surface area contributed by atoms with Crippen LogP contribution in [0.2, 0.25) is 0 Å². The number of fused-ring (bicyclic) bond motifs is 1. The third kappa shape index (κ3) is 5.39. The Hall–Kier alpha value is -2.21. The molecular weight excluding hydrogens is 324 g/mol. The molecule has 0 amide bonds. The Morgan fingerprint density at radius 1 is 1.04 bits per heavy atom. The number of ether oxygens (including phenoxy) is 2. The first-order valence-corrected chi connectivity index (χ1v) is 8.83. The molecule has 0 aliphatic heterocycles. The first-order chi connectivity index (χ1) is 12.2. The van der Waals surface area contributed by atoms with E-state index in [2.05, 4.69) is 6.92 Å². The van der Waals surface area contributed by atoms with Crippen LogP contribution < -0.4 is 15.1 Å². The molecule has 2 aromatic rings. The van der Waals surface area contributed by atoms with Crippen LogP contribution in [0.5, 0.6) is 17.2 Å². The number of aliphatic hydroxyl groups is 1. The van der Waals surface area contributed by atoms with Crippen molar-refractivity contribution in [2.45, 2.75) is 45.4 Å². The number of aliphatic hydroxyl groups excluding tert-OH is 1. The van der Waals surface area contributed by atoms with Crippen LogP contribution in [-0.4, -0.2) is 30.0 Å². The lowest BCUT2D eigenvalue weighted by molar-refractivity contribution is 0.253. The van der Waals surface area contributed by atoms with Crippen molar-refractivity contribution in [3.63, 3.8) is 0 Å². The summed E-state index contributed by atoms with van der Waals surface area (Å²) < 4.78 is 16.3. The van der Waals surface area contributed by atoms with Gasteiger partial charge in [0.05, 0.1) is 18.6 Å². The van der Waals surface area contributed by atoms with Crippen LogP contribution in [0.15, 0.2) is 27.4 Å². The molecule has 25 heavy (non-hydrogen) atoms. The van der Waals surface area contributed by atoms with Gasteiger partial charge in [-0.3, -0.25) is 0 Å². The SMILES string of the molecule is CCCCCCOc1c(O)c2cc(OCCCCO)ccc2oc1=O. The minimum Gasteiger partial charge on any atom is -0.504 e. The third-order valence-electron chi connectivity index (χ3n) is 3.87. The molecule has 6 heteroatoms. The quantitative estimate of drug-likeness (QED) is 0.475. The highest BCUT2D eigenvalue weighted by Gasteiger charge is 2.16. The molecule has 0 fully saturated rings. The lowest BCUT2D eigenvalue weighted by Crippen LogP contribution is -2.08. The van der Waals surface area contributed by atoms with E-state index in [9.17, 15) is 9.90 Å². The molecule has 138 valence electrons. The Morgan fingerprint density at radius 3 is 2.56 bits per heavy atom. The van der Waals surface area contributed by atoms with Crippen LogP contribution in [-0.2, 0) is 0 Å². The molecule has 0 saturated carbocycles. The maximum Gasteiger partial charge on any atom is 0.383 e. The number of aromatic hydroxyl groups is 1. The Kier molecular flexibility index (Phi) is 7.60. The van der Waals surface area contributed by atoms with Crippen LogP contribution >= 0.6 is 0 Å². The monoisotopic (exact) mass is 350 g/mol. The number of hydrogen-bond donors (Lipinski definition) is 2. The molecular formula is C19H26O6. The lowest BCUT2D eigenvalue weighted by atomic mass is 10.2. The number of hydrogen-bond acceptors (Lipinski definition) is 6. The second-order valence-electron chi connectivity index (χ2n) is 5.91. The highest BCUT2D eigenvalue weighted by atomic mass is 16.5. The lowest BCUT2D eigenvalue weighted by Gasteiger charge is -2.10. The maximum atomic E-state index is 12.0. The second kappa shape index (κ2) is 9.93. The van der Waals surface area contributed by atoms with Gasteiger partial charge in [-0.05, 0) is 37.5 Å². The molecule has 0 unspecified atom stereocenters. The van der Waals surface area contributed by atoms with Crippen molar-refractivity contribution in [1.29, 1.82) is 0 Å². The molecule has 0 spiro atoms. The summed E-state index contributed by atoms with van der Waals surface area (Å²) in [6.45, 7) is 3.08. The van der Waals surface area contributed by atoms with Crippen molar-refractivity contribution < 1.29 is 24.1 Å². The Balaban J connectivity index is 2.12. The predicted molar refractivity (Wildman–Crippen MR) is 95.6 cm³/mol. The largest absolute Gasteiger partial charge is 0.504 e. The van der Waals surface area contributed by atoms with E-state index < -0.39 is 5.63 Å². The summed E-state index contributed by atoms with van der Waals surface area (Å²) in [6.07, 6.45) is 5.46. The van der Waals surface area contributed by atoms with Gasteiger partial charge in [0.25, 0.3) is 0 Å². The van der Waals surface area contributed by atoms with E-state index in [1.807, 2.05) is 0 Å². The average Bonchev–Trinajstić information content (AvgIpc) is 2.61. The molecule has 2 N–H and O–H groups in total. The third-order valence-corrected chi connectivity index (χ3v) is 3.87.